The molecule has 7 nitrogen and oxygen atoms in total. The number of Topliss-reactive ketones (excluding diaryl/α,β-unsaturated/α-hetero) is 1. The van der Waals surface area contributed by atoms with Crippen LogP contribution in [0, 0.1) is 11.3 Å². The highest BCUT2D eigenvalue weighted by Crippen LogP contribution is 2.40. The number of pyridine rings is 1. The van der Waals surface area contributed by atoms with Gasteiger partial charge in [-0.15, -0.1) is 0 Å². The van der Waals surface area contributed by atoms with Crippen LogP contribution in [0.5, 0.6) is 0 Å². The van der Waals surface area contributed by atoms with Gasteiger partial charge in [0.15, 0.2) is 5.78 Å². The molecule has 0 atom stereocenters. The summed E-state index contributed by atoms with van der Waals surface area (Å²) in [6.45, 7) is 1.86. The maximum atomic E-state index is 12.0. The Morgan fingerprint density at radius 3 is 2.67 bits per heavy atom. The molecule has 0 aliphatic rings. The van der Waals surface area contributed by atoms with Crippen LogP contribution in [0.15, 0.2) is 29.3 Å². The number of hydrogen-bond acceptors (Lipinski definition) is 8. The molecule has 0 spiro atoms. The molecular weight excluding hydrogens is 388 g/mol. The molecule has 2 aromatic rings. The molecule has 2 rings (SSSR count). The number of nitrogens with two attached hydrogens (primary N) is 2. The number of thioether (sulfide) groups is 1. The summed E-state index contributed by atoms with van der Waals surface area (Å²) >= 11 is 7.25. The molecule has 9 heteroatoms. The van der Waals surface area contributed by atoms with Crippen LogP contribution >= 0.6 is 23.4 Å². The van der Waals surface area contributed by atoms with Crippen molar-refractivity contribution in [1.82, 2.24) is 4.98 Å². The molecule has 0 saturated heterocycles. The highest BCUT2D eigenvalue weighted by atomic mass is 35.5. The van der Waals surface area contributed by atoms with Gasteiger partial charge in [0.2, 0.25) is 0 Å². The molecule has 1 aromatic heterocycles. The molecule has 0 bridgehead atoms. The first-order valence-corrected chi connectivity index (χ1v) is 9.29. The summed E-state index contributed by atoms with van der Waals surface area (Å²) in [6, 6.07) is 8.96. The van der Waals surface area contributed by atoms with Crippen LogP contribution in [0.25, 0.3) is 11.1 Å². The molecule has 1 aromatic carbocycles. The van der Waals surface area contributed by atoms with Crippen LogP contribution in [-0.4, -0.2) is 29.1 Å². The summed E-state index contributed by atoms with van der Waals surface area (Å²) in [5.74, 6) is -0.973. The van der Waals surface area contributed by atoms with Gasteiger partial charge in [-0.25, -0.2) is 4.98 Å². The van der Waals surface area contributed by atoms with Crippen LogP contribution < -0.4 is 11.5 Å². The molecular formula is C18H17ClN4O3S. The van der Waals surface area contributed by atoms with Crippen LogP contribution in [-0.2, 0) is 14.3 Å². The lowest BCUT2D eigenvalue weighted by atomic mass is 10.00. The Kier molecular flexibility index (Phi) is 7.05. The van der Waals surface area contributed by atoms with Gasteiger partial charge in [0.05, 0.1) is 23.6 Å². The Hall–Kier alpha value is -2.76. The van der Waals surface area contributed by atoms with Crippen molar-refractivity contribution in [2.45, 2.75) is 18.4 Å². The smallest absolute Gasteiger partial charge is 0.313 e. The number of ketones is 1. The Labute approximate surface area is 165 Å². The van der Waals surface area contributed by atoms with Crippen LogP contribution in [0.4, 0.5) is 11.5 Å². The first-order valence-electron chi connectivity index (χ1n) is 7.93. The van der Waals surface area contributed by atoms with Crippen molar-refractivity contribution in [2.24, 2.45) is 0 Å². The summed E-state index contributed by atoms with van der Waals surface area (Å²) in [5.41, 5.74) is 13.2. The zero-order valence-electron chi connectivity index (χ0n) is 14.5. The second-order valence-corrected chi connectivity index (χ2v) is 6.74. The number of nitriles is 1. The fourth-order valence-electron chi connectivity index (χ4n) is 2.32. The van der Waals surface area contributed by atoms with Gasteiger partial charge in [-0.2, -0.15) is 5.26 Å². The number of esters is 1. The van der Waals surface area contributed by atoms with Gasteiger partial charge in [0.25, 0.3) is 0 Å². The van der Waals surface area contributed by atoms with Gasteiger partial charge >= 0.3 is 5.97 Å². The molecule has 0 aliphatic heterocycles. The average molecular weight is 405 g/mol. The van der Waals surface area contributed by atoms with Crippen LogP contribution in [0.2, 0.25) is 5.02 Å². The second-order valence-electron chi connectivity index (χ2n) is 5.37. The van der Waals surface area contributed by atoms with Crippen molar-refractivity contribution in [2.75, 3.05) is 23.8 Å². The van der Waals surface area contributed by atoms with E-state index in [4.69, 9.17) is 27.8 Å². The summed E-state index contributed by atoms with van der Waals surface area (Å²) in [6.07, 6.45) is -0.343. The first-order chi connectivity index (χ1) is 12.9. The molecule has 0 radical (unpaired) electrons. The van der Waals surface area contributed by atoms with Crippen LogP contribution in [0.1, 0.15) is 18.9 Å². The number of nitrogens with zero attached hydrogens (tertiary/aromatic N) is 2. The van der Waals surface area contributed by atoms with E-state index >= 15 is 0 Å². The van der Waals surface area contributed by atoms with E-state index in [1.165, 1.54) is 0 Å². The molecule has 27 heavy (non-hydrogen) atoms. The lowest BCUT2D eigenvalue weighted by Gasteiger charge is -2.14. The van der Waals surface area contributed by atoms with Gasteiger partial charge in [-0.1, -0.05) is 41.6 Å². The minimum Gasteiger partial charge on any atom is -0.466 e. The number of nitrogen functional groups attached to an aromatic ring is 2. The van der Waals surface area contributed by atoms with E-state index < -0.39 is 5.97 Å². The third-order valence-corrected chi connectivity index (χ3v) is 4.87. The summed E-state index contributed by atoms with van der Waals surface area (Å²) in [7, 11) is 0. The molecule has 0 saturated carbocycles. The van der Waals surface area contributed by atoms with Crippen molar-refractivity contribution >= 4 is 46.6 Å². The SMILES string of the molecule is CCOC(=O)CC(=O)CSc1nc(N)c(N)c(-c2ccccc2Cl)c1C#N. The van der Waals surface area contributed by atoms with Crippen molar-refractivity contribution in [1.29, 1.82) is 5.26 Å². The summed E-state index contributed by atoms with van der Waals surface area (Å²) in [4.78, 5) is 27.5. The highest BCUT2D eigenvalue weighted by Gasteiger charge is 2.21. The van der Waals surface area contributed by atoms with Crippen molar-refractivity contribution < 1.29 is 14.3 Å². The first kappa shape index (κ1) is 20.6. The van der Waals surface area contributed by atoms with Crippen molar-refractivity contribution in [3.63, 3.8) is 0 Å². The Bertz CT molecular complexity index is 928. The lowest BCUT2D eigenvalue weighted by Crippen LogP contribution is -2.13. The normalized spacial score (nSPS) is 10.3. The highest BCUT2D eigenvalue weighted by molar-refractivity contribution is 8.00. The molecule has 140 valence electrons. The number of aromatic nitrogens is 1. The van der Waals surface area contributed by atoms with E-state index in [2.05, 4.69) is 11.1 Å². The quantitative estimate of drug-likeness (QED) is 0.408. The standard InChI is InChI=1S/C18H17ClN4O3S/c1-2-26-14(25)7-10(24)9-27-18-12(8-20)15(16(21)17(22)23-18)11-5-3-4-6-13(11)19/h3-6H,2,7,9,21H2,1H3,(H2,22,23). The summed E-state index contributed by atoms with van der Waals surface area (Å²) < 4.78 is 4.75. The zero-order valence-corrected chi connectivity index (χ0v) is 16.1. The Morgan fingerprint density at radius 2 is 2.04 bits per heavy atom. The third kappa shape index (κ3) is 4.90. The Morgan fingerprint density at radius 1 is 1.33 bits per heavy atom. The largest absolute Gasteiger partial charge is 0.466 e. The third-order valence-electron chi connectivity index (χ3n) is 3.50. The molecule has 0 fully saturated rings. The zero-order chi connectivity index (χ0) is 20.0. The minimum atomic E-state index is -0.592. The average Bonchev–Trinajstić information content (AvgIpc) is 2.63. The number of carbonyl (C=O) groups is 2. The number of hydrogen-bond donors (Lipinski definition) is 2. The topological polar surface area (TPSA) is 132 Å². The van der Waals surface area contributed by atoms with E-state index in [1.807, 2.05) is 0 Å². The van der Waals surface area contributed by atoms with Crippen molar-refractivity contribution in [3.05, 3.63) is 34.9 Å². The number of rotatable bonds is 7. The van der Waals surface area contributed by atoms with Gasteiger partial charge in [0.1, 0.15) is 23.3 Å². The predicted molar refractivity (Wildman–Crippen MR) is 105 cm³/mol. The van der Waals surface area contributed by atoms with Gasteiger partial charge in [-0.05, 0) is 13.0 Å². The van der Waals surface area contributed by atoms with Gasteiger partial charge < -0.3 is 16.2 Å². The number of ether oxygens (including phenoxy) is 1. The van der Waals surface area contributed by atoms with Crippen LogP contribution in [0.3, 0.4) is 0 Å². The van der Waals surface area contributed by atoms with Gasteiger partial charge in [0, 0.05) is 16.1 Å². The van der Waals surface area contributed by atoms with E-state index in [1.54, 1.807) is 31.2 Å². The maximum absolute atomic E-state index is 12.0. The fourth-order valence-corrected chi connectivity index (χ4v) is 3.40. The number of carbonyl (C=O) groups excluding carboxylic acids is 2. The van der Waals surface area contributed by atoms with E-state index in [-0.39, 0.29) is 46.7 Å². The molecule has 4 N–H and O–H groups in total. The lowest BCUT2D eigenvalue weighted by molar-refractivity contribution is -0.145. The second kappa shape index (κ2) is 9.26. The van der Waals surface area contributed by atoms with E-state index in [0.717, 1.165) is 11.8 Å². The van der Waals surface area contributed by atoms with Crippen molar-refractivity contribution in [3.8, 4) is 17.2 Å². The molecule has 0 amide bonds. The molecule has 0 unspecified atom stereocenters. The summed E-state index contributed by atoms with van der Waals surface area (Å²) in [5, 5.41) is 10.3. The van der Waals surface area contributed by atoms with E-state index in [9.17, 15) is 14.9 Å². The molecule has 0 aliphatic carbocycles. The fraction of sp³-hybridized carbons (Fsp3) is 0.222. The number of anilines is 2. The maximum Gasteiger partial charge on any atom is 0.313 e. The van der Waals surface area contributed by atoms with Gasteiger partial charge in [-0.3, -0.25) is 9.59 Å². The minimum absolute atomic E-state index is 0.0317. The van der Waals surface area contributed by atoms with E-state index in [0.29, 0.717) is 16.1 Å². The molecule has 1 heterocycles. The number of halogens is 1. The monoisotopic (exact) mass is 404 g/mol. The predicted octanol–water partition coefficient (Wildman–Crippen LogP) is 3.05. The Balaban J connectivity index is 2.36. The number of benzene rings is 1.